The van der Waals surface area contributed by atoms with Crippen LogP contribution in [-0.2, 0) is 6.54 Å². The van der Waals surface area contributed by atoms with E-state index in [9.17, 15) is 4.79 Å². The Morgan fingerprint density at radius 1 is 1.67 bits per heavy atom. The Labute approximate surface area is 107 Å². The van der Waals surface area contributed by atoms with Gasteiger partial charge in [0.1, 0.15) is 0 Å². The predicted molar refractivity (Wildman–Crippen MR) is 66.3 cm³/mol. The molecular weight excluding hydrogens is 232 g/mol. The van der Waals surface area contributed by atoms with Crippen molar-refractivity contribution < 1.29 is 14.4 Å². The predicted octanol–water partition coefficient (Wildman–Crippen LogP) is 2.43. The molecule has 0 saturated heterocycles. The van der Waals surface area contributed by atoms with Gasteiger partial charge in [-0.2, -0.15) is 0 Å². The summed E-state index contributed by atoms with van der Waals surface area (Å²) in [6.07, 6.45) is 4.83. The van der Waals surface area contributed by atoms with E-state index in [-0.39, 0.29) is 5.69 Å². The summed E-state index contributed by atoms with van der Waals surface area (Å²) in [6.45, 7) is 5.12. The van der Waals surface area contributed by atoms with Crippen molar-refractivity contribution in [2.45, 2.75) is 52.1 Å². The van der Waals surface area contributed by atoms with E-state index in [1.807, 2.05) is 0 Å². The van der Waals surface area contributed by atoms with Gasteiger partial charge in [0.2, 0.25) is 0 Å². The van der Waals surface area contributed by atoms with Crippen molar-refractivity contribution >= 4 is 5.97 Å². The largest absolute Gasteiger partial charge is 0.476 e. The van der Waals surface area contributed by atoms with E-state index >= 15 is 0 Å². The molecule has 1 aliphatic rings. The SMILES string of the molecule is CC1(C)CCCC(NCc2cc(C(=O)O)no2)C1. The van der Waals surface area contributed by atoms with Crippen LogP contribution >= 0.6 is 0 Å². The number of carboxylic acids is 1. The number of hydrogen-bond acceptors (Lipinski definition) is 4. The van der Waals surface area contributed by atoms with Gasteiger partial charge in [0.25, 0.3) is 0 Å². The molecule has 1 atom stereocenters. The van der Waals surface area contributed by atoms with Crippen LogP contribution in [0.15, 0.2) is 10.6 Å². The minimum absolute atomic E-state index is 0.0317. The van der Waals surface area contributed by atoms with Crippen LogP contribution in [0.25, 0.3) is 0 Å². The zero-order valence-electron chi connectivity index (χ0n) is 10.9. The summed E-state index contributed by atoms with van der Waals surface area (Å²) >= 11 is 0. The molecule has 5 heteroatoms. The average molecular weight is 252 g/mol. The molecule has 1 unspecified atom stereocenters. The van der Waals surface area contributed by atoms with Gasteiger partial charge in [0.15, 0.2) is 11.5 Å². The quantitative estimate of drug-likeness (QED) is 0.860. The van der Waals surface area contributed by atoms with Crippen LogP contribution < -0.4 is 5.32 Å². The normalized spacial score (nSPS) is 22.9. The van der Waals surface area contributed by atoms with E-state index in [1.165, 1.54) is 25.3 Å². The highest BCUT2D eigenvalue weighted by atomic mass is 16.5. The van der Waals surface area contributed by atoms with Gasteiger partial charge in [-0.15, -0.1) is 0 Å². The molecule has 0 amide bonds. The van der Waals surface area contributed by atoms with E-state index in [0.29, 0.717) is 23.8 Å². The lowest BCUT2D eigenvalue weighted by Crippen LogP contribution is -2.36. The van der Waals surface area contributed by atoms with E-state index in [1.54, 1.807) is 0 Å². The van der Waals surface area contributed by atoms with Gasteiger partial charge in [-0.05, 0) is 24.7 Å². The second-order valence-corrected chi connectivity index (χ2v) is 5.82. The van der Waals surface area contributed by atoms with E-state index in [2.05, 4.69) is 24.3 Å². The van der Waals surface area contributed by atoms with E-state index in [0.717, 1.165) is 6.42 Å². The molecule has 1 heterocycles. The van der Waals surface area contributed by atoms with Crippen LogP contribution in [0.2, 0.25) is 0 Å². The Morgan fingerprint density at radius 2 is 2.44 bits per heavy atom. The zero-order valence-corrected chi connectivity index (χ0v) is 10.9. The van der Waals surface area contributed by atoms with Gasteiger partial charge < -0.3 is 14.9 Å². The van der Waals surface area contributed by atoms with Crippen LogP contribution in [0.5, 0.6) is 0 Å². The van der Waals surface area contributed by atoms with Crippen molar-refractivity contribution in [3.63, 3.8) is 0 Å². The fourth-order valence-electron chi connectivity index (χ4n) is 2.61. The summed E-state index contributed by atoms with van der Waals surface area (Å²) in [5.74, 6) is -0.473. The Kier molecular flexibility index (Phi) is 3.71. The third-order valence-corrected chi connectivity index (χ3v) is 3.55. The van der Waals surface area contributed by atoms with Crippen molar-refractivity contribution in [1.29, 1.82) is 0 Å². The smallest absolute Gasteiger partial charge is 0.358 e. The third-order valence-electron chi connectivity index (χ3n) is 3.55. The van der Waals surface area contributed by atoms with Crippen LogP contribution in [0.3, 0.4) is 0 Å². The second-order valence-electron chi connectivity index (χ2n) is 5.82. The summed E-state index contributed by atoms with van der Waals surface area (Å²) in [5, 5.41) is 15.7. The van der Waals surface area contributed by atoms with Crippen LogP contribution in [0.1, 0.15) is 55.8 Å². The lowest BCUT2D eigenvalue weighted by Gasteiger charge is -2.35. The molecule has 5 nitrogen and oxygen atoms in total. The lowest BCUT2D eigenvalue weighted by molar-refractivity contribution is 0.0685. The maximum atomic E-state index is 10.7. The molecular formula is C13H20N2O3. The van der Waals surface area contributed by atoms with Crippen LogP contribution in [0, 0.1) is 5.41 Å². The molecule has 2 N–H and O–H groups in total. The van der Waals surface area contributed by atoms with Crippen LogP contribution in [-0.4, -0.2) is 22.3 Å². The van der Waals surface area contributed by atoms with Gasteiger partial charge in [-0.25, -0.2) is 4.79 Å². The molecule has 0 aliphatic heterocycles. The van der Waals surface area contributed by atoms with Crippen molar-refractivity contribution in [3.05, 3.63) is 17.5 Å². The number of nitrogens with zero attached hydrogens (tertiary/aromatic N) is 1. The molecule has 0 spiro atoms. The van der Waals surface area contributed by atoms with Gasteiger partial charge in [0.05, 0.1) is 6.54 Å². The first-order valence-electron chi connectivity index (χ1n) is 6.38. The summed E-state index contributed by atoms with van der Waals surface area (Å²) in [7, 11) is 0. The van der Waals surface area contributed by atoms with Crippen molar-refractivity contribution in [1.82, 2.24) is 10.5 Å². The minimum atomic E-state index is -1.05. The van der Waals surface area contributed by atoms with Gasteiger partial charge in [0, 0.05) is 12.1 Å². The molecule has 100 valence electrons. The van der Waals surface area contributed by atoms with Crippen molar-refractivity contribution in [3.8, 4) is 0 Å². The molecule has 18 heavy (non-hydrogen) atoms. The molecule has 0 aromatic carbocycles. The number of aromatic carboxylic acids is 1. The minimum Gasteiger partial charge on any atom is -0.476 e. The van der Waals surface area contributed by atoms with Crippen molar-refractivity contribution in [2.24, 2.45) is 5.41 Å². The van der Waals surface area contributed by atoms with Gasteiger partial charge >= 0.3 is 5.97 Å². The molecule has 1 aromatic rings. The summed E-state index contributed by atoms with van der Waals surface area (Å²) in [4.78, 5) is 10.7. The number of rotatable bonds is 4. The number of carbonyl (C=O) groups is 1. The Bertz CT molecular complexity index is 426. The maximum absolute atomic E-state index is 10.7. The maximum Gasteiger partial charge on any atom is 0.358 e. The van der Waals surface area contributed by atoms with Crippen LogP contribution in [0.4, 0.5) is 0 Å². The third kappa shape index (κ3) is 3.32. The summed E-state index contributed by atoms with van der Waals surface area (Å²) in [5.41, 5.74) is 0.361. The molecule has 1 aliphatic carbocycles. The highest BCUT2D eigenvalue weighted by Gasteiger charge is 2.27. The first-order chi connectivity index (χ1) is 8.46. The molecule has 0 radical (unpaired) electrons. The first-order valence-corrected chi connectivity index (χ1v) is 6.38. The standard InChI is InChI=1S/C13H20N2O3/c1-13(2)5-3-4-9(7-13)14-8-10-6-11(12(16)17)15-18-10/h6,9,14H,3-5,7-8H2,1-2H3,(H,16,17). The molecule has 1 fully saturated rings. The highest BCUT2D eigenvalue weighted by molar-refractivity contribution is 5.85. The molecule has 1 aromatic heterocycles. The van der Waals surface area contributed by atoms with Crippen molar-refractivity contribution in [2.75, 3.05) is 0 Å². The Morgan fingerprint density at radius 3 is 3.06 bits per heavy atom. The monoisotopic (exact) mass is 252 g/mol. The first kappa shape index (κ1) is 13.1. The molecule has 0 bridgehead atoms. The summed E-state index contributed by atoms with van der Waals surface area (Å²) < 4.78 is 4.98. The summed E-state index contributed by atoms with van der Waals surface area (Å²) in [6, 6.07) is 1.95. The zero-order chi connectivity index (χ0) is 13.2. The Hall–Kier alpha value is -1.36. The average Bonchev–Trinajstić information content (AvgIpc) is 2.74. The molecule has 1 saturated carbocycles. The van der Waals surface area contributed by atoms with Gasteiger partial charge in [-0.1, -0.05) is 25.4 Å². The highest BCUT2D eigenvalue weighted by Crippen LogP contribution is 2.35. The molecule has 2 rings (SSSR count). The Balaban J connectivity index is 1.85. The second kappa shape index (κ2) is 5.10. The van der Waals surface area contributed by atoms with E-state index in [4.69, 9.17) is 9.63 Å². The van der Waals surface area contributed by atoms with E-state index < -0.39 is 5.97 Å². The van der Waals surface area contributed by atoms with Gasteiger partial charge in [-0.3, -0.25) is 0 Å². The lowest BCUT2D eigenvalue weighted by atomic mass is 9.75. The topological polar surface area (TPSA) is 75.4 Å². The number of nitrogens with one attached hydrogen (secondary N) is 1. The fraction of sp³-hybridized carbons (Fsp3) is 0.692. The fourth-order valence-corrected chi connectivity index (χ4v) is 2.61. The number of carboxylic acid groups (broad SMARTS) is 1. The number of aromatic nitrogens is 1. The number of hydrogen-bond donors (Lipinski definition) is 2.